The van der Waals surface area contributed by atoms with E-state index in [-0.39, 0.29) is 11.8 Å². The number of H-pyrrole nitrogens is 1. The molecule has 0 aliphatic heterocycles. The molecule has 31 heavy (non-hydrogen) atoms. The molecule has 3 N–H and O–H groups in total. The average molecular weight is 453 g/mol. The van der Waals surface area contributed by atoms with Crippen molar-refractivity contribution in [3.05, 3.63) is 16.5 Å². The number of carbonyl (C=O) groups excluding carboxylic acids is 2. The van der Waals surface area contributed by atoms with E-state index in [1.165, 1.54) is 0 Å². The first kappa shape index (κ1) is 25.2. The van der Waals surface area contributed by atoms with E-state index >= 15 is 0 Å². The van der Waals surface area contributed by atoms with Gasteiger partial charge in [0.15, 0.2) is 11.5 Å². The highest BCUT2D eigenvalue weighted by atomic mass is 35.5. The number of fused-ring (bicyclic) bond motifs is 1. The van der Waals surface area contributed by atoms with Crippen LogP contribution in [-0.2, 0) is 15.0 Å². The fraction of sp³-hybridized carbons (Fsp3) is 0.727. The first-order valence-electron chi connectivity index (χ1n) is 10.7. The van der Waals surface area contributed by atoms with Crippen molar-refractivity contribution in [2.24, 2.45) is 5.41 Å². The predicted molar refractivity (Wildman–Crippen MR) is 123 cm³/mol. The number of rotatable bonds is 8. The Balaban J connectivity index is 2.33. The number of hydrogen-bond donors (Lipinski definition) is 3. The summed E-state index contributed by atoms with van der Waals surface area (Å²) in [6, 6.07) is 0. The van der Waals surface area contributed by atoms with Crippen LogP contribution in [0.5, 0.6) is 0 Å². The van der Waals surface area contributed by atoms with Gasteiger partial charge in [0.05, 0.1) is 11.1 Å². The molecule has 174 valence electrons. The van der Waals surface area contributed by atoms with E-state index in [4.69, 9.17) is 11.6 Å². The Kier molecular flexibility index (Phi) is 6.59. The smallest absolute Gasteiger partial charge is 0.228 e. The van der Waals surface area contributed by atoms with Crippen LogP contribution in [0.2, 0.25) is 5.02 Å². The summed E-state index contributed by atoms with van der Waals surface area (Å²) in [7, 11) is 0. The monoisotopic (exact) mass is 452 g/mol. The van der Waals surface area contributed by atoms with E-state index in [9.17, 15) is 9.59 Å². The third-order valence-corrected chi connectivity index (χ3v) is 7.53. The SMILES string of the molecule is CCCC(=O)NC(C)(C)C(C)(C)C(=O)NC(C)(C)C(C)(C)c1nnc2c(Cl)c(C)[nH]n12. The second-order valence-electron chi connectivity index (χ2n) is 10.5. The van der Waals surface area contributed by atoms with E-state index in [1.807, 2.05) is 69.2 Å². The van der Waals surface area contributed by atoms with E-state index in [2.05, 4.69) is 25.9 Å². The van der Waals surface area contributed by atoms with Crippen LogP contribution in [0, 0.1) is 12.3 Å². The minimum atomic E-state index is -0.865. The van der Waals surface area contributed by atoms with Crippen LogP contribution in [0.3, 0.4) is 0 Å². The molecule has 2 aromatic heterocycles. The lowest BCUT2D eigenvalue weighted by Gasteiger charge is -2.46. The van der Waals surface area contributed by atoms with E-state index in [0.29, 0.717) is 22.9 Å². The summed E-state index contributed by atoms with van der Waals surface area (Å²) in [5, 5.41) is 18.5. The Morgan fingerprint density at radius 1 is 1.00 bits per heavy atom. The molecule has 0 aliphatic rings. The summed E-state index contributed by atoms with van der Waals surface area (Å²) in [5.41, 5.74) is -1.54. The number of nitrogens with one attached hydrogen (secondary N) is 3. The average Bonchev–Trinajstić information content (AvgIpc) is 3.14. The molecule has 0 fully saturated rings. The first-order chi connectivity index (χ1) is 14.0. The van der Waals surface area contributed by atoms with Crippen LogP contribution in [0.4, 0.5) is 0 Å². The van der Waals surface area contributed by atoms with Gasteiger partial charge in [0.1, 0.15) is 5.02 Å². The van der Waals surface area contributed by atoms with Crippen molar-refractivity contribution in [3.8, 4) is 0 Å². The predicted octanol–water partition coefficient (Wildman–Crippen LogP) is 3.91. The van der Waals surface area contributed by atoms with Gasteiger partial charge >= 0.3 is 0 Å². The highest BCUT2D eigenvalue weighted by Crippen LogP contribution is 2.37. The first-order valence-corrected chi connectivity index (χ1v) is 11.1. The number of halogens is 1. The van der Waals surface area contributed by atoms with Gasteiger partial charge in [-0.05, 0) is 54.9 Å². The normalized spacial score (nSPS) is 13.5. The quantitative estimate of drug-likeness (QED) is 0.564. The minimum Gasteiger partial charge on any atom is -0.350 e. The van der Waals surface area contributed by atoms with Crippen molar-refractivity contribution >= 4 is 29.1 Å². The molecule has 0 spiro atoms. The Morgan fingerprint density at radius 3 is 2.13 bits per heavy atom. The van der Waals surface area contributed by atoms with Gasteiger partial charge in [-0.2, -0.15) is 0 Å². The summed E-state index contributed by atoms with van der Waals surface area (Å²) in [5.74, 6) is 0.447. The number of aromatic nitrogens is 4. The van der Waals surface area contributed by atoms with Gasteiger partial charge in [-0.3, -0.25) is 14.7 Å². The fourth-order valence-electron chi connectivity index (χ4n) is 3.28. The molecule has 0 unspecified atom stereocenters. The molecule has 2 aromatic rings. The Labute approximate surface area is 189 Å². The lowest BCUT2D eigenvalue weighted by atomic mass is 9.70. The van der Waals surface area contributed by atoms with Crippen LogP contribution in [0.25, 0.3) is 5.65 Å². The maximum Gasteiger partial charge on any atom is 0.228 e. The van der Waals surface area contributed by atoms with E-state index in [0.717, 1.165) is 12.1 Å². The van der Waals surface area contributed by atoms with Gasteiger partial charge in [-0.1, -0.05) is 32.4 Å². The van der Waals surface area contributed by atoms with Gasteiger partial charge in [0.25, 0.3) is 0 Å². The highest BCUT2D eigenvalue weighted by Gasteiger charge is 2.49. The zero-order valence-electron chi connectivity index (χ0n) is 20.5. The van der Waals surface area contributed by atoms with Crippen molar-refractivity contribution in [2.75, 3.05) is 0 Å². The molecule has 2 rings (SSSR count). The number of carbonyl (C=O) groups is 2. The maximum absolute atomic E-state index is 13.5. The Hall–Kier alpha value is -2.09. The number of nitrogens with zero attached hydrogens (tertiary/aromatic N) is 3. The van der Waals surface area contributed by atoms with Crippen molar-refractivity contribution < 1.29 is 9.59 Å². The highest BCUT2D eigenvalue weighted by molar-refractivity contribution is 6.34. The summed E-state index contributed by atoms with van der Waals surface area (Å²) in [4.78, 5) is 25.7. The standard InChI is InChI=1S/C22H37ClN6O2/c1-11-12-14(30)24-22(9,10)20(5,6)18(31)25-21(7,8)19(3,4)17-27-26-16-15(23)13(2)28-29(16)17/h28H,11-12H2,1-10H3,(H,24,30)(H,25,31). The van der Waals surface area contributed by atoms with Crippen LogP contribution in [0.15, 0.2) is 0 Å². The molecule has 0 radical (unpaired) electrons. The second kappa shape index (κ2) is 8.11. The van der Waals surface area contributed by atoms with Crippen molar-refractivity contribution in [2.45, 2.75) is 98.6 Å². The van der Waals surface area contributed by atoms with Crippen LogP contribution >= 0.6 is 11.6 Å². The Morgan fingerprint density at radius 2 is 1.58 bits per heavy atom. The van der Waals surface area contributed by atoms with Gasteiger partial charge in [-0.25, -0.2) is 4.52 Å². The van der Waals surface area contributed by atoms with Crippen molar-refractivity contribution in [1.29, 1.82) is 0 Å². The zero-order chi connectivity index (χ0) is 24.0. The molecular weight excluding hydrogens is 416 g/mol. The molecule has 2 heterocycles. The molecule has 8 nitrogen and oxygen atoms in total. The molecular formula is C22H37ClN6O2. The van der Waals surface area contributed by atoms with Gasteiger partial charge in [0.2, 0.25) is 11.8 Å². The lowest BCUT2D eigenvalue weighted by Crippen LogP contribution is -2.64. The van der Waals surface area contributed by atoms with Gasteiger partial charge < -0.3 is 10.6 Å². The summed E-state index contributed by atoms with van der Waals surface area (Å²) in [6.07, 6.45) is 1.19. The molecule has 0 aromatic carbocycles. The van der Waals surface area contributed by atoms with Crippen molar-refractivity contribution in [1.82, 2.24) is 30.4 Å². The molecule has 0 saturated carbocycles. The van der Waals surface area contributed by atoms with Crippen molar-refractivity contribution in [3.63, 3.8) is 0 Å². The maximum atomic E-state index is 13.5. The number of aryl methyl sites for hydroxylation is 1. The summed E-state index contributed by atoms with van der Waals surface area (Å²) >= 11 is 6.32. The lowest BCUT2D eigenvalue weighted by molar-refractivity contribution is -0.137. The van der Waals surface area contributed by atoms with Crippen LogP contribution < -0.4 is 10.6 Å². The summed E-state index contributed by atoms with van der Waals surface area (Å²) in [6.45, 7) is 19.2. The topological polar surface area (TPSA) is 104 Å². The van der Waals surface area contributed by atoms with Crippen LogP contribution in [0.1, 0.15) is 86.7 Å². The van der Waals surface area contributed by atoms with E-state index in [1.54, 1.807) is 4.52 Å². The molecule has 0 aliphatic carbocycles. The third-order valence-electron chi connectivity index (χ3n) is 7.07. The number of hydrogen-bond acceptors (Lipinski definition) is 4. The molecule has 2 amide bonds. The largest absolute Gasteiger partial charge is 0.350 e. The van der Waals surface area contributed by atoms with Gasteiger partial charge in [0, 0.05) is 22.9 Å². The molecule has 0 bridgehead atoms. The Bertz CT molecular complexity index is 984. The van der Waals surface area contributed by atoms with Gasteiger partial charge in [-0.15, -0.1) is 10.2 Å². The summed E-state index contributed by atoms with van der Waals surface area (Å²) < 4.78 is 1.77. The second-order valence-corrected chi connectivity index (χ2v) is 10.9. The molecule has 0 atom stereocenters. The third kappa shape index (κ3) is 4.31. The molecule has 9 heteroatoms. The minimum absolute atomic E-state index is 0.0576. The molecule has 0 saturated heterocycles. The van der Waals surface area contributed by atoms with E-state index < -0.39 is 21.9 Å². The number of amides is 2. The fourth-order valence-corrected chi connectivity index (χ4v) is 3.44. The zero-order valence-corrected chi connectivity index (χ0v) is 21.2. The number of aromatic amines is 1. The van der Waals surface area contributed by atoms with Crippen LogP contribution in [-0.4, -0.2) is 42.7 Å².